The Morgan fingerprint density at radius 3 is 2.58 bits per heavy atom. The highest BCUT2D eigenvalue weighted by Crippen LogP contribution is 2.19. The van der Waals surface area contributed by atoms with Crippen molar-refractivity contribution in [2.75, 3.05) is 31.6 Å². The van der Waals surface area contributed by atoms with Crippen LogP contribution in [0.15, 0.2) is 36.7 Å². The quantitative estimate of drug-likeness (QED) is 0.938. The zero-order valence-electron chi connectivity index (χ0n) is 13.9. The monoisotopic (exact) mass is 327 g/mol. The van der Waals surface area contributed by atoms with Crippen LogP contribution >= 0.6 is 0 Å². The van der Waals surface area contributed by atoms with Crippen LogP contribution in [0, 0.1) is 6.92 Å². The molecule has 2 aromatic rings. The molecule has 0 bridgehead atoms. The number of morpholine rings is 1. The molecule has 0 aliphatic carbocycles. The van der Waals surface area contributed by atoms with E-state index in [1.165, 1.54) is 0 Å². The molecular weight excluding hydrogens is 306 g/mol. The number of nitrogens with one attached hydrogen (secondary N) is 1. The number of rotatable bonds is 3. The topological polar surface area (TPSA) is 63.6 Å². The van der Waals surface area contributed by atoms with Gasteiger partial charge in [0.15, 0.2) is 0 Å². The highest BCUT2D eigenvalue weighted by atomic mass is 16.5. The molecule has 0 spiro atoms. The summed E-state index contributed by atoms with van der Waals surface area (Å²) in [6.07, 6.45) is 3.57. The summed E-state index contributed by atoms with van der Waals surface area (Å²) in [4.78, 5) is 26.7. The van der Waals surface area contributed by atoms with Gasteiger partial charge >= 0.3 is 0 Å². The first-order chi connectivity index (χ1) is 11.5. The Balaban J connectivity index is 1.78. The first kappa shape index (κ1) is 16.3. The minimum Gasteiger partial charge on any atom is -0.378 e. The van der Waals surface area contributed by atoms with Crippen LogP contribution in [-0.2, 0) is 11.8 Å². The number of carbonyl (C=O) groups excluding carboxylic acids is 2. The predicted molar refractivity (Wildman–Crippen MR) is 91.3 cm³/mol. The van der Waals surface area contributed by atoms with Crippen molar-refractivity contribution in [3.63, 3.8) is 0 Å². The lowest BCUT2D eigenvalue weighted by atomic mass is 10.1. The number of aryl methyl sites for hydroxylation is 2. The summed E-state index contributed by atoms with van der Waals surface area (Å²) >= 11 is 0. The smallest absolute Gasteiger partial charge is 0.257 e. The molecule has 1 saturated heterocycles. The fraction of sp³-hybridized carbons (Fsp3) is 0.333. The number of ether oxygens (including phenoxy) is 1. The number of nitrogens with zero attached hydrogens (tertiary/aromatic N) is 2. The van der Waals surface area contributed by atoms with E-state index < -0.39 is 0 Å². The molecule has 0 saturated carbocycles. The van der Waals surface area contributed by atoms with Gasteiger partial charge < -0.3 is 19.5 Å². The van der Waals surface area contributed by atoms with Gasteiger partial charge in [0.1, 0.15) is 0 Å². The third-order valence-corrected chi connectivity index (χ3v) is 4.12. The summed E-state index contributed by atoms with van der Waals surface area (Å²) in [6.45, 7) is 4.22. The average Bonchev–Trinajstić information content (AvgIpc) is 3.03. The Morgan fingerprint density at radius 1 is 1.17 bits per heavy atom. The van der Waals surface area contributed by atoms with Gasteiger partial charge in [-0.1, -0.05) is 6.07 Å². The van der Waals surface area contributed by atoms with E-state index in [2.05, 4.69) is 5.32 Å². The van der Waals surface area contributed by atoms with Crippen molar-refractivity contribution in [1.82, 2.24) is 9.47 Å². The van der Waals surface area contributed by atoms with Gasteiger partial charge in [-0.05, 0) is 30.7 Å². The number of hydrogen-bond acceptors (Lipinski definition) is 3. The second-order valence-electron chi connectivity index (χ2n) is 5.95. The summed E-state index contributed by atoms with van der Waals surface area (Å²) in [5, 5.41) is 2.85. The lowest BCUT2D eigenvalue weighted by molar-refractivity contribution is 0.0302. The van der Waals surface area contributed by atoms with E-state index in [0.717, 1.165) is 5.56 Å². The Morgan fingerprint density at radius 2 is 1.92 bits per heavy atom. The highest BCUT2D eigenvalue weighted by molar-refractivity contribution is 6.05. The molecule has 6 nitrogen and oxygen atoms in total. The Bertz CT molecular complexity index is 761. The van der Waals surface area contributed by atoms with Gasteiger partial charge in [-0.15, -0.1) is 0 Å². The van der Waals surface area contributed by atoms with E-state index in [1.807, 2.05) is 36.9 Å². The van der Waals surface area contributed by atoms with Crippen LogP contribution in [0.3, 0.4) is 0 Å². The summed E-state index contributed by atoms with van der Waals surface area (Å²) in [7, 11) is 1.86. The minimum atomic E-state index is -0.191. The van der Waals surface area contributed by atoms with Crippen molar-refractivity contribution in [3.8, 4) is 0 Å². The lowest BCUT2D eigenvalue weighted by Crippen LogP contribution is -2.41. The molecule has 1 aromatic heterocycles. The molecule has 1 aliphatic heterocycles. The van der Waals surface area contributed by atoms with Crippen LogP contribution in [0.4, 0.5) is 5.69 Å². The Hall–Kier alpha value is -2.60. The van der Waals surface area contributed by atoms with Gasteiger partial charge in [-0.3, -0.25) is 9.59 Å². The molecule has 3 rings (SSSR count). The number of carbonyl (C=O) groups is 2. The maximum Gasteiger partial charge on any atom is 0.257 e. The van der Waals surface area contributed by atoms with Gasteiger partial charge in [-0.2, -0.15) is 0 Å². The van der Waals surface area contributed by atoms with E-state index in [-0.39, 0.29) is 11.8 Å². The molecule has 24 heavy (non-hydrogen) atoms. The van der Waals surface area contributed by atoms with E-state index in [9.17, 15) is 9.59 Å². The maximum absolute atomic E-state index is 12.7. The Kier molecular flexibility index (Phi) is 4.66. The molecule has 1 aliphatic rings. The van der Waals surface area contributed by atoms with E-state index in [1.54, 1.807) is 23.2 Å². The van der Waals surface area contributed by atoms with E-state index >= 15 is 0 Å². The minimum absolute atomic E-state index is 0.0217. The van der Waals surface area contributed by atoms with E-state index in [4.69, 9.17) is 4.74 Å². The second-order valence-corrected chi connectivity index (χ2v) is 5.95. The maximum atomic E-state index is 12.7. The largest absolute Gasteiger partial charge is 0.378 e. The van der Waals surface area contributed by atoms with E-state index in [0.29, 0.717) is 43.1 Å². The van der Waals surface area contributed by atoms with Crippen LogP contribution < -0.4 is 5.32 Å². The van der Waals surface area contributed by atoms with Crippen LogP contribution in [-0.4, -0.2) is 47.6 Å². The van der Waals surface area contributed by atoms with Crippen LogP contribution in [0.2, 0.25) is 0 Å². The molecule has 2 amide bonds. The zero-order valence-corrected chi connectivity index (χ0v) is 13.9. The average molecular weight is 327 g/mol. The summed E-state index contributed by atoms with van der Waals surface area (Å²) in [5.74, 6) is -0.212. The highest BCUT2D eigenvalue weighted by Gasteiger charge is 2.20. The summed E-state index contributed by atoms with van der Waals surface area (Å²) < 4.78 is 7.11. The zero-order chi connectivity index (χ0) is 17.1. The van der Waals surface area contributed by atoms with Gasteiger partial charge in [-0.25, -0.2) is 0 Å². The molecule has 1 N–H and O–H groups in total. The predicted octanol–water partition coefficient (Wildman–Crippen LogP) is 2.06. The molecule has 6 heteroatoms. The van der Waals surface area contributed by atoms with Crippen LogP contribution in [0.5, 0.6) is 0 Å². The molecular formula is C18H21N3O3. The molecule has 1 aromatic carbocycles. The van der Waals surface area contributed by atoms with Crippen molar-refractivity contribution < 1.29 is 14.3 Å². The van der Waals surface area contributed by atoms with Gasteiger partial charge in [0.05, 0.1) is 18.8 Å². The molecule has 0 radical (unpaired) electrons. The fourth-order valence-electron chi connectivity index (χ4n) is 2.71. The summed E-state index contributed by atoms with van der Waals surface area (Å²) in [5.41, 5.74) is 2.71. The normalized spacial score (nSPS) is 14.5. The van der Waals surface area contributed by atoms with Crippen molar-refractivity contribution in [2.24, 2.45) is 7.05 Å². The van der Waals surface area contributed by atoms with Crippen LogP contribution in [0.1, 0.15) is 26.3 Å². The number of benzene rings is 1. The van der Waals surface area contributed by atoms with Gasteiger partial charge in [0, 0.05) is 43.8 Å². The van der Waals surface area contributed by atoms with Crippen molar-refractivity contribution in [1.29, 1.82) is 0 Å². The molecule has 126 valence electrons. The number of amides is 2. The third-order valence-electron chi connectivity index (χ3n) is 4.12. The molecule has 1 fully saturated rings. The van der Waals surface area contributed by atoms with Gasteiger partial charge in [0.25, 0.3) is 11.8 Å². The first-order valence-electron chi connectivity index (χ1n) is 7.95. The fourth-order valence-corrected chi connectivity index (χ4v) is 2.71. The van der Waals surface area contributed by atoms with Crippen molar-refractivity contribution >= 4 is 17.5 Å². The lowest BCUT2D eigenvalue weighted by Gasteiger charge is -2.27. The summed E-state index contributed by atoms with van der Waals surface area (Å²) in [6, 6.07) is 7.16. The molecule has 2 heterocycles. The third kappa shape index (κ3) is 3.49. The SMILES string of the molecule is Cc1ccc(NC(=O)c2ccn(C)c2)cc1C(=O)N1CCOCC1. The van der Waals surface area contributed by atoms with Crippen LogP contribution in [0.25, 0.3) is 0 Å². The first-order valence-corrected chi connectivity index (χ1v) is 7.95. The standard InChI is InChI=1S/C18H21N3O3/c1-13-3-4-15(19-17(22)14-5-6-20(2)12-14)11-16(13)18(23)21-7-9-24-10-8-21/h3-6,11-12H,7-10H2,1-2H3,(H,19,22). The second kappa shape index (κ2) is 6.88. The number of anilines is 1. The van der Waals surface area contributed by atoms with Crippen molar-refractivity contribution in [2.45, 2.75) is 6.92 Å². The molecule has 0 atom stereocenters. The number of aromatic nitrogens is 1. The van der Waals surface area contributed by atoms with Crippen molar-refractivity contribution in [3.05, 3.63) is 53.3 Å². The van der Waals surface area contributed by atoms with Gasteiger partial charge in [0.2, 0.25) is 0 Å². The number of hydrogen-bond donors (Lipinski definition) is 1. The molecule has 0 unspecified atom stereocenters. The Labute approximate surface area is 141 Å².